The normalized spacial score (nSPS) is 24.9. The van der Waals surface area contributed by atoms with E-state index in [1.165, 1.54) is 12.8 Å². The van der Waals surface area contributed by atoms with Gasteiger partial charge in [-0.05, 0) is 32.4 Å². The number of ether oxygens (including phenoxy) is 2. The van der Waals surface area contributed by atoms with E-state index in [1.54, 1.807) is 6.07 Å². The van der Waals surface area contributed by atoms with Gasteiger partial charge in [0.1, 0.15) is 6.10 Å². The van der Waals surface area contributed by atoms with E-state index in [-0.39, 0.29) is 12.1 Å². The van der Waals surface area contributed by atoms with Crippen LogP contribution in [0.3, 0.4) is 0 Å². The van der Waals surface area contributed by atoms with E-state index in [0.717, 1.165) is 36.6 Å². The molecule has 2 atom stereocenters. The average Bonchev–Trinajstić information content (AvgIpc) is 2.89. The molecule has 4 rings (SSSR count). The summed E-state index contributed by atoms with van der Waals surface area (Å²) in [6.45, 7) is 2.73. The molecule has 5 heteroatoms. The fourth-order valence-corrected chi connectivity index (χ4v) is 4.39. The summed E-state index contributed by atoms with van der Waals surface area (Å²) in [5, 5.41) is 0.821. The number of benzene rings is 1. The number of rotatable bonds is 6. The number of piperidine rings is 1. The number of para-hydroxylation sites is 1. The highest BCUT2D eigenvalue weighted by molar-refractivity contribution is 6.03. The lowest BCUT2D eigenvalue weighted by Crippen LogP contribution is -2.43. The Balaban J connectivity index is 1.55. The molecular formula is C22H28N2O3. The third-order valence-electron chi connectivity index (χ3n) is 5.99. The molecule has 0 saturated carbocycles. The van der Waals surface area contributed by atoms with Crippen LogP contribution in [0.15, 0.2) is 30.3 Å². The van der Waals surface area contributed by atoms with Crippen molar-refractivity contribution in [3.63, 3.8) is 0 Å². The van der Waals surface area contributed by atoms with Crippen LogP contribution in [0.1, 0.15) is 55.8 Å². The molecule has 0 N–H and O–H groups in total. The first kappa shape index (κ1) is 18.2. The van der Waals surface area contributed by atoms with Gasteiger partial charge in [0.05, 0.1) is 17.7 Å². The van der Waals surface area contributed by atoms with Crippen molar-refractivity contribution < 1.29 is 14.3 Å². The first-order valence-electron chi connectivity index (χ1n) is 10.1. The Morgan fingerprint density at radius 3 is 2.70 bits per heavy atom. The van der Waals surface area contributed by atoms with Crippen LogP contribution in [0.25, 0.3) is 10.9 Å². The van der Waals surface area contributed by atoms with Crippen LogP contribution in [-0.2, 0) is 4.74 Å². The lowest BCUT2D eigenvalue weighted by Gasteiger charge is -2.35. The van der Waals surface area contributed by atoms with E-state index in [2.05, 4.69) is 23.9 Å². The number of carbonyl (C=O) groups is 1. The van der Waals surface area contributed by atoms with Crippen LogP contribution in [0.5, 0.6) is 5.88 Å². The van der Waals surface area contributed by atoms with E-state index in [1.807, 2.05) is 24.3 Å². The van der Waals surface area contributed by atoms with Crippen molar-refractivity contribution in [1.29, 1.82) is 0 Å². The summed E-state index contributed by atoms with van der Waals surface area (Å²) in [7, 11) is 2.19. The summed E-state index contributed by atoms with van der Waals surface area (Å²) in [5.74, 6) is 0.237. The zero-order valence-corrected chi connectivity index (χ0v) is 16.2. The number of nitrogens with zero attached hydrogens (tertiary/aromatic N) is 2. The molecule has 144 valence electrons. The molecule has 5 nitrogen and oxygen atoms in total. The molecule has 2 saturated heterocycles. The van der Waals surface area contributed by atoms with Gasteiger partial charge >= 0.3 is 5.97 Å². The lowest BCUT2D eigenvalue weighted by molar-refractivity contribution is -0.000307. The fourth-order valence-electron chi connectivity index (χ4n) is 4.39. The van der Waals surface area contributed by atoms with Crippen molar-refractivity contribution in [2.75, 3.05) is 13.7 Å². The molecule has 0 spiro atoms. The van der Waals surface area contributed by atoms with Crippen molar-refractivity contribution in [3.05, 3.63) is 35.9 Å². The van der Waals surface area contributed by atoms with Gasteiger partial charge in [-0.1, -0.05) is 31.5 Å². The van der Waals surface area contributed by atoms with E-state index in [4.69, 9.17) is 9.47 Å². The Morgan fingerprint density at radius 2 is 1.96 bits per heavy atom. The van der Waals surface area contributed by atoms with E-state index >= 15 is 0 Å². The highest BCUT2D eigenvalue weighted by atomic mass is 16.5. The smallest absolute Gasteiger partial charge is 0.339 e. The maximum Gasteiger partial charge on any atom is 0.339 e. The second-order valence-electron chi connectivity index (χ2n) is 7.78. The van der Waals surface area contributed by atoms with Crippen molar-refractivity contribution in [3.8, 4) is 5.88 Å². The second-order valence-corrected chi connectivity index (χ2v) is 7.78. The molecule has 2 aromatic rings. The second kappa shape index (κ2) is 7.85. The predicted octanol–water partition coefficient (Wildman–Crippen LogP) is 4.20. The molecule has 0 aliphatic carbocycles. The largest absolute Gasteiger partial charge is 0.478 e. The lowest BCUT2D eigenvalue weighted by atomic mass is 10.0. The number of pyridine rings is 1. The molecule has 2 aliphatic rings. The van der Waals surface area contributed by atoms with Crippen LogP contribution in [0, 0.1) is 0 Å². The topological polar surface area (TPSA) is 51.7 Å². The van der Waals surface area contributed by atoms with Crippen molar-refractivity contribution in [1.82, 2.24) is 9.88 Å². The van der Waals surface area contributed by atoms with Crippen LogP contribution in [0.4, 0.5) is 0 Å². The summed E-state index contributed by atoms with van der Waals surface area (Å²) in [5.41, 5.74) is 1.32. The summed E-state index contributed by atoms with van der Waals surface area (Å²) >= 11 is 0. The zero-order valence-electron chi connectivity index (χ0n) is 16.2. The number of hydrogen-bond donors (Lipinski definition) is 0. The zero-order chi connectivity index (χ0) is 18.8. The highest BCUT2D eigenvalue weighted by Gasteiger charge is 2.40. The van der Waals surface area contributed by atoms with Crippen LogP contribution in [0.2, 0.25) is 0 Å². The molecule has 1 aromatic carbocycles. The molecule has 2 fully saturated rings. The van der Waals surface area contributed by atoms with Gasteiger partial charge in [0.2, 0.25) is 5.88 Å². The monoisotopic (exact) mass is 368 g/mol. The standard InChI is InChI=1S/C22H28N2O3/c1-3-4-11-26-21-14-19(18-7-5-6-8-20(18)23-21)22(25)27-17-12-15-9-10-16(13-17)24(15)2/h5-8,14-17H,3-4,9-13H2,1-2H3. The molecule has 27 heavy (non-hydrogen) atoms. The number of carbonyl (C=O) groups excluding carboxylic acids is 1. The molecule has 3 heterocycles. The van der Waals surface area contributed by atoms with Crippen LogP contribution >= 0.6 is 0 Å². The van der Waals surface area contributed by atoms with Gasteiger partial charge in [-0.2, -0.15) is 0 Å². The minimum absolute atomic E-state index is 0.00240. The Bertz CT molecular complexity index is 808. The quantitative estimate of drug-likeness (QED) is 0.565. The number of fused-ring (bicyclic) bond motifs is 3. The van der Waals surface area contributed by atoms with Gasteiger partial charge in [0, 0.05) is 36.4 Å². The van der Waals surface area contributed by atoms with Crippen molar-refractivity contribution in [2.45, 2.75) is 63.6 Å². The Hall–Kier alpha value is -2.14. The number of aromatic nitrogens is 1. The maximum absolute atomic E-state index is 13.0. The summed E-state index contributed by atoms with van der Waals surface area (Å²) in [6.07, 6.45) is 6.31. The fraction of sp³-hybridized carbons (Fsp3) is 0.545. The highest BCUT2D eigenvalue weighted by Crippen LogP contribution is 2.36. The molecule has 2 bridgehead atoms. The molecule has 2 unspecified atom stereocenters. The molecule has 0 amide bonds. The summed E-state index contributed by atoms with van der Waals surface area (Å²) < 4.78 is 11.7. The molecule has 2 aliphatic heterocycles. The van der Waals surface area contributed by atoms with Gasteiger partial charge in [-0.15, -0.1) is 0 Å². The van der Waals surface area contributed by atoms with E-state index < -0.39 is 0 Å². The maximum atomic E-state index is 13.0. The predicted molar refractivity (Wildman–Crippen MR) is 105 cm³/mol. The number of hydrogen-bond acceptors (Lipinski definition) is 5. The van der Waals surface area contributed by atoms with Crippen molar-refractivity contribution in [2.24, 2.45) is 0 Å². The van der Waals surface area contributed by atoms with Gasteiger partial charge < -0.3 is 14.4 Å². The Kier molecular flexibility index (Phi) is 5.30. The van der Waals surface area contributed by atoms with Crippen LogP contribution < -0.4 is 4.74 Å². The summed E-state index contributed by atoms with van der Waals surface area (Å²) in [4.78, 5) is 20.0. The minimum Gasteiger partial charge on any atom is -0.478 e. The Labute approximate surface area is 160 Å². The van der Waals surface area contributed by atoms with Crippen LogP contribution in [-0.4, -0.2) is 47.7 Å². The van der Waals surface area contributed by atoms with Gasteiger partial charge in [0.15, 0.2) is 0 Å². The first-order chi connectivity index (χ1) is 13.2. The van der Waals surface area contributed by atoms with E-state index in [0.29, 0.717) is 30.1 Å². The van der Waals surface area contributed by atoms with E-state index in [9.17, 15) is 4.79 Å². The third-order valence-corrected chi connectivity index (χ3v) is 5.99. The van der Waals surface area contributed by atoms with Gasteiger partial charge in [-0.25, -0.2) is 9.78 Å². The molecule has 0 radical (unpaired) electrons. The summed E-state index contributed by atoms with van der Waals surface area (Å²) in [6, 6.07) is 10.5. The average molecular weight is 368 g/mol. The molecular weight excluding hydrogens is 340 g/mol. The minimum atomic E-state index is -0.261. The van der Waals surface area contributed by atoms with Gasteiger partial charge in [0.25, 0.3) is 0 Å². The third kappa shape index (κ3) is 3.79. The Morgan fingerprint density at radius 1 is 1.22 bits per heavy atom. The molecule has 1 aromatic heterocycles. The number of esters is 1. The van der Waals surface area contributed by atoms with Gasteiger partial charge in [-0.3, -0.25) is 0 Å². The number of unbranched alkanes of at least 4 members (excludes halogenated alkanes) is 1. The first-order valence-corrected chi connectivity index (χ1v) is 10.1. The SMILES string of the molecule is CCCCOc1cc(C(=O)OC2CC3CCC(C2)N3C)c2ccccc2n1. The van der Waals surface area contributed by atoms with Crippen molar-refractivity contribution >= 4 is 16.9 Å².